The molecular formula is H4O16Si4Ti. The molecule has 16 nitrogen and oxygen atoms in total. The van der Waals surface area contributed by atoms with Crippen molar-refractivity contribution in [1.29, 1.82) is 0 Å². The van der Waals surface area contributed by atoms with Gasteiger partial charge in [0.05, 0.1) is 0 Å². The zero-order chi connectivity index (χ0) is 17.1. The third-order valence-electron chi connectivity index (χ3n) is 0.285. The van der Waals surface area contributed by atoms with E-state index in [1.807, 2.05) is 0 Å². The van der Waals surface area contributed by atoms with Gasteiger partial charge in [-0.05, 0) is 0 Å². The van der Waals surface area contributed by atoms with E-state index < -0.39 is 36.7 Å². The topological polar surface area (TPSA) is 278 Å². The summed E-state index contributed by atoms with van der Waals surface area (Å²) in [5.74, 6) is 0. The fourth-order valence-corrected chi connectivity index (χ4v) is 0. The molecule has 0 heterocycles. The van der Waals surface area contributed by atoms with E-state index in [0.717, 1.165) is 0 Å². The first-order valence-electron chi connectivity index (χ1n) is 3.19. The number of rotatable bonds is 4. The minimum Gasteiger partial charge on any atom is -0.677 e. The average Bonchev–Trinajstić information content (AvgIpc) is 2.40. The van der Waals surface area contributed by atoms with Crippen LogP contribution in [0.2, 0.25) is 0 Å². The second kappa shape index (κ2) is 27.4. The number of hydrogen-bond acceptors (Lipinski definition) is 12. The van der Waals surface area contributed by atoms with Crippen LogP contribution in [0.15, 0.2) is 0 Å². The monoisotopic (exact) mass is 420 g/mol. The maximum absolute atomic E-state index is 9.02. The molecule has 0 rings (SSSR count). The van der Waals surface area contributed by atoms with Crippen LogP contribution in [0.1, 0.15) is 0 Å². The molecule has 0 aliphatic carbocycles. The minimum absolute atomic E-state index is 0. The second-order valence-electron chi connectivity index (χ2n) is 1.40. The van der Waals surface area contributed by atoms with Crippen molar-refractivity contribution in [3.8, 4) is 0 Å². The molecule has 21 heteroatoms. The maximum Gasteiger partial charge on any atom is 4.00 e. The van der Waals surface area contributed by atoms with Crippen LogP contribution in [0.3, 0.4) is 0 Å². The molecule has 0 amide bonds. The zero-order valence-corrected chi connectivity index (χ0v) is 14.7. The molecule has 0 spiro atoms. The van der Waals surface area contributed by atoms with E-state index >= 15 is 0 Å². The molecular weight excluding hydrogens is 416 g/mol. The molecule has 4 N–H and O–H groups in total. The van der Waals surface area contributed by atoms with Crippen LogP contribution >= 0.6 is 0 Å². The molecule has 0 radical (unpaired) electrons. The van der Waals surface area contributed by atoms with E-state index in [0.29, 0.717) is 0 Å². The summed E-state index contributed by atoms with van der Waals surface area (Å²) in [5.41, 5.74) is 0. The Morgan fingerprint density at radius 3 is 0.571 bits per heavy atom. The van der Waals surface area contributed by atoms with Crippen molar-refractivity contribution in [2.45, 2.75) is 0 Å². The van der Waals surface area contributed by atoms with Crippen LogP contribution in [-0.4, -0.2) is 55.9 Å². The summed E-state index contributed by atoms with van der Waals surface area (Å²) in [7, 11) is -12.7. The first kappa shape index (κ1) is 32.1. The molecule has 21 heavy (non-hydrogen) atoms. The van der Waals surface area contributed by atoms with Crippen molar-refractivity contribution in [3.05, 3.63) is 0 Å². The van der Waals surface area contributed by atoms with Gasteiger partial charge < -0.3 is 58.5 Å². The summed E-state index contributed by atoms with van der Waals surface area (Å²) in [4.78, 5) is 29.5. The smallest absolute Gasteiger partial charge is 0.677 e. The van der Waals surface area contributed by atoms with Crippen LogP contribution in [0.25, 0.3) is 0 Å². The Morgan fingerprint density at radius 1 is 0.524 bits per heavy atom. The second-order valence-corrected chi connectivity index (χ2v) is 4.19. The zero-order valence-electron chi connectivity index (χ0n) is 9.19. The first-order chi connectivity index (χ1) is 9.08. The maximum atomic E-state index is 9.02. The van der Waals surface area contributed by atoms with E-state index in [9.17, 15) is 0 Å². The molecule has 0 fully saturated rings. The summed E-state index contributed by atoms with van der Waals surface area (Å²) in [6, 6.07) is 0. The van der Waals surface area contributed by atoms with Crippen molar-refractivity contribution < 1.29 is 98.1 Å². The fourth-order valence-electron chi connectivity index (χ4n) is 0. The predicted molar refractivity (Wildman–Crippen MR) is 39.0 cm³/mol. The Hall–Kier alpha value is -0.978. The van der Waals surface area contributed by atoms with Crippen LogP contribution in [-0.2, 0) is 57.9 Å². The Morgan fingerprint density at radius 2 is 0.571 bits per heavy atom. The largest absolute Gasteiger partial charge is 4.00 e. The van der Waals surface area contributed by atoms with Crippen LogP contribution < -0.4 is 21.0 Å². The molecule has 0 saturated carbocycles. The van der Waals surface area contributed by atoms with Gasteiger partial charge in [-0.25, -0.2) is 0 Å². The van der Waals surface area contributed by atoms with Crippen molar-refractivity contribution in [2.75, 3.05) is 0 Å². The van der Waals surface area contributed by atoms with Gasteiger partial charge in [-0.3, -0.25) is 17.8 Å². The van der Waals surface area contributed by atoms with Gasteiger partial charge in [0.1, 0.15) is 0 Å². The van der Waals surface area contributed by atoms with Crippen molar-refractivity contribution in [3.63, 3.8) is 0 Å². The third kappa shape index (κ3) is 112. The minimum atomic E-state index is -3.18. The SMILES string of the molecule is O=[Si](O)O[O-].O=[Si](O)O[O-].O=[Si](O)O[O-].O=[Si](O)O[O-].[Ti+4]. The fraction of sp³-hybridized carbons (Fsp3) is 0. The van der Waals surface area contributed by atoms with Gasteiger partial charge in [-0.1, -0.05) is 0 Å². The quantitative estimate of drug-likeness (QED) is 0.186. The third-order valence-corrected chi connectivity index (χ3v) is 0.855. The molecule has 0 aliphatic rings. The summed E-state index contributed by atoms with van der Waals surface area (Å²) >= 11 is 0. The summed E-state index contributed by atoms with van der Waals surface area (Å²) < 4.78 is 46.5. The summed E-state index contributed by atoms with van der Waals surface area (Å²) in [6.07, 6.45) is 0. The van der Waals surface area contributed by atoms with Crippen molar-refractivity contribution in [1.82, 2.24) is 0 Å². The Balaban J connectivity index is -0.0000000533. The standard InChI is InChI=1S/4H2O4Si.Ti/c4*1-4-5(2)3;/h4*1-2H;/q;;;;+4/p-4. The van der Waals surface area contributed by atoms with Crippen LogP contribution in [0.5, 0.6) is 0 Å². The molecule has 0 atom stereocenters. The van der Waals surface area contributed by atoms with E-state index in [4.69, 9.17) is 58.1 Å². The Bertz CT molecular complexity index is 217. The van der Waals surface area contributed by atoms with E-state index in [2.05, 4.69) is 18.3 Å². The van der Waals surface area contributed by atoms with E-state index in [1.54, 1.807) is 0 Å². The van der Waals surface area contributed by atoms with Crippen LogP contribution in [0, 0.1) is 0 Å². The van der Waals surface area contributed by atoms with Crippen molar-refractivity contribution >= 4 is 36.7 Å². The molecule has 0 aromatic rings. The average molecular weight is 420 g/mol. The van der Waals surface area contributed by atoms with E-state index in [1.165, 1.54) is 0 Å². The van der Waals surface area contributed by atoms with Crippen molar-refractivity contribution in [2.24, 2.45) is 0 Å². The molecule has 0 saturated heterocycles. The molecule has 0 bridgehead atoms. The first-order valence-corrected chi connectivity index (χ1v) is 8.25. The Kier molecular flexibility index (Phi) is 41.9. The summed E-state index contributed by atoms with van der Waals surface area (Å²) in [6.45, 7) is 0. The van der Waals surface area contributed by atoms with Gasteiger partial charge in [-0.2, -0.15) is 0 Å². The summed E-state index contributed by atoms with van der Waals surface area (Å²) in [5, 5.41) is 34.4. The van der Waals surface area contributed by atoms with Gasteiger partial charge in [-0.15, -0.1) is 0 Å². The molecule has 0 aliphatic heterocycles. The number of hydrogen-bond donors (Lipinski definition) is 4. The molecule has 120 valence electrons. The Labute approximate surface area is 135 Å². The van der Waals surface area contributed by atoms with Gasteiger partial charge in [0.25, 0.3) is 0 Å². The van der Waals surface area contributed by atoms with Gasteiger partial charge >= 0.3 is 58.4 Å². The van der Waals surface area contributed by atoms with Gasteiger partial charge in [0, 0.05) is 0 Å². The predicted octanol–water partition coefficient (Wildman–Crippen LogP) is -9.26. The van der Waals surface area contributed by atoms with Gasteiger partial charge in [0.15, 0.2) is 0 Å². The van der Waals surface area contributed by atoms with Crippen LogP contribution in [0.4, 0.5) is 0 Å². The molecule has 0 aromatic heterocycles. The molecule has 0 unspecified atom stereocenters. The molecule has 0 aromatic carbocycles. The van der Waals surface area contributed by atoms with Gasteiger partial charge in [0.2, 0.25) is 0 Å². The van der Waals surface area contributed by atoms with E-state index in [-0.39, 0.29) is 21.7 Å². The normalized spacial score (nSPS) is 6.29.